The molecule has 1 saturated carbocycles. The van der Waals surface area contributed by atoms with Crippen LogP contribution in [0.25, 0.3) is 0 Å². The van der Waals surface area contributed by atoms with Crippen LogP contribution < -0.4 is 0 Å². The van der Waals surface area contributed by atoms with E-state index in [1.807, 2.05) is 0 Å². The number of rotatable bonds is 1. The maximum Gasteiger partial charge on any atom is 0.408 e. The van der Waals surface area contributed by atoms with Gasteiger partial charge in [0.25, 0.3) is 0 Å². The highest BCUT2D eigenvalue weighted by molar-refractivity contribution is 5.68. The Kier molecular flexibility index (Phi) is 2.41. The van der Waals surface area contributed by atoms with Crippen LogP contribution in [0.1, 0.15) is 45.4 Å². The number of nitrogens with zero attached hydrogens (tertiary/aromatic N) is 2. The molecule has 2 heterocycles. The maximum atomic E-state index is 11.4. The summed E-state index contributed by atoms with van der Waals surface area (Å²) in [6.07, 6.45) is 6.70. The summed E-state index contributed by atoms with van der Waals surface area (Å²) in [4.78, 5) is 15.5. The molecule has 1 aliphatic carbocycles. The van der Waals surface area contributed by atoms with E-state index in [1.54, 1.807) is 4.90 Å². The molecular weight excluding hydrogens is 216 g/mol. The van der Waals surface area contributed by atoms with E-state index >= 15 is 0 Å². The van der Waals surface area contributed by atoms with Crippen LogP contribution in [0.15, 0.2) is 0 Å². The zero-order chi connectivity index (χ0) is 12.1. The topological polar surface area (TPSA) is 43.8 Å². The Morgan fingerprint density at radius 2 is 1.76 bits per heavy atom. The van der Waals surface area contributed by atoms with E-state index < -0.39 is 6.09 Å². The van der Waals surface area contributed by atoms with Crippen LogP contribution in [0.3, 0.4) is 0 Å². The zero-order valence-corrected chi connectivity index (χ0v) is 10.6. The zero-order valence-electron chi connectivity index (χ0n) is 10.6. The van der Waals surface area contributed by atoms with Crippen molar-refractivity contribution in [3.63, 3.8) is 0 Å². The van der Waals surface area contributed by atoms with Gasteiger partial charge in [0.1, 0.15) is 5.66 Å². The monoisotopic (exact) mass is 238 g/mol. The predicted octanol–water partition coefficient (Wildman–Crippen LogP) is 2.35. The van der Waals surface area contributed by atoms with E-state index in [2.05, 4.69) is 11.8 Å². The Bertz CT molecular complexity index is 334. The Morgan fingerprint density at radius 3 is 2.24 bits per heavy atom. The molecule has 96 valence electrons. The Balaban J connectivity index is 1.85. The molecule has 3 rings (SSSR count). The molecule has 3 aliphatic rings. The molecule has 0 aromatic carbocycles. The third-order valence-corrected chi connectivity index (χ3v) is 5.50. The first-order chi connectivity index (χ1) is 8.10. The number of hydrogen-bond acceptors (Lipinski definition) is 2. The van der Waals surface area contributed by atoms with Gasteiger partial charge in [-0.2, -0.15) is 0 Å². The molecule has 4 nitrogen and oxygen atoms in total. The van der Waals surface area contributed by atoms with Crippen molar-refractivity contribution in [1.29, 1.82) is 0 Å². The molecule has 0 bridgehead atoms. The normalized spacial score (nSPS) is 36.4. The molecule has 17 heavy (non-hydrogen) atoms. The van der Waals surface area contributed by atoms with Crippen LogP contribution in [0.5, 0.6) is 0 Å². The smallest absolute Gasteiger partial charge is 0.408 e. The molecule has 1 atom stereocenters. The van der Waals surface area contributed by atoms with Crippen LogP contribution in [0, 0.1) is 5.41 Å². The lowest BCUT2D eigenvalue weighted by Crippen LogP contribution is -2.82. The molecule has 1 unspecified atom stereocenters. The Morgan fingerprint density at radius 1 is 1.12 bits per heavy atom. The fourth-order valence-electron chi connectivity index (χ4n) is 4.13. The standard InChI is InChI=1S/C13H22N2O2/c1-12(14-8-3-2-4-9-14)13(6-5-7-13)10-15(12)11(16)17/h2-10H2,1H3,(H,16,17). The van der Waals surface area contributed by atoms with Gasteiger partial charge >= 0.3 is 6.09 Å². The third-order valence-electron chi connectivity index (χ3n) is 5.50. The van der Waals surface area contributed by atoms with Crippen molar-refractivity contribution in [1.82, 2.24) is 9.80 Å². The van der Waals surface area contributed by atoms with Gasteiger partial charge in [0, 0.05) is 25.0 Å². The summed E-state index contributed by atoms with van der Waals surface area (Å²) in [5.41, 5.74) is 0.0697. The highest BCUT2D eigenvalue weighted by atomic mass is 16.4. The second-order valence-electron chi connectivity index (χ2n) is 6.07. The largest absolute Gasteiger partial charge is 0.465 e. The van der Waals surface area contributed by atoms with E-state index in [0.717, 1.165) is 19.6 Å². The summed E-state index contributed by atoms with van der Waals surface area (Å²) in [5, 5.41) is 9.35. The summed E-state index contributed by atoms with van der Waals surface area (Å²) in [6.45, 7) is 5.06. The molecule has 1 N–H and O–H groups in total. The molecule has 2 aliphatic heterocycles. The average Bonchev–Trinajstić information content (AvgIpc) is 2.25. The van der Waals surface area contributed by atoms with Crippen molar-refractivity contribution < 1.29 is 9.90 Å². The first kappa shape index (κ1) is 11.3. The number of carboxylic acid groups (broad SMARTS) is 1. The molecular formula is C13H22N2O2. The molecule has 0 aromatic rings. The van der Waals surface area contributed by atoms with Crippen LogP contribution in [-0.4, -0.2) is 46.3 Å². The van der Waals surface area contributed by atoms with E-state index in [4.69, 9.17) is 0 Å². The number of carbonyl (C=O) groups is 1. The Hall–Kier alpha value is -0.770. The van der Waals surface area contributed by atoms with Gasteiger partial charge in [0.15, 0.2) is 0 Å². The van der Waals surface area contributed by atoms with Crippen LogP contribution >= 0.6 is 0 Å². The van der Waals surface area contributed by atoms with Crippen molar-refractivity contribution in [2.24, 2.45) is 5.41 Å². The number of hydrogen-bond donors (Lipinski definition) is 1. The summed E-state index contributed by atoms with van der Waals surface area (Å²) in [5.74, 6) is 0. The average molecular weight is 238 g/mol. The van der Waals surface area contributed by atoms with E-state index in [0.29, 0.717) is 0 Å². The van der Waals surface area contributed by atoms with Gasteiger partial charge in [-0.1, -0.05) is 12.8 Å². The van der Waals surface area contributed by atoms with Crippen molar-refractivity contribution in [2.75, 3.05) is 19.6 Å². The lowest BCUT2D eigenvalue weighted by Gasteiger charge is -2.71. The van der Waals surface area contributed by atoms with E-state index in [1.165, 1.54) is 38.5 Å². The van der Waals surface area contributed by atoms with Gasteiger partial charge in [-0.05, 0) is 32.6 Å². The molecule has 4 heteroatoms. The molecule has 1 spiro atoms. The van der Waals surface area contributed by atoms with E-state index in [9.17, 15) is 9.90 Å². The number of amides is 1. The summed E-state index contributed by atoms with van der Waals surface area (Å²) < 4.78 is 0. The van der Waals surface area contributed by atoms with Crippen LogP contribution in [-0.2, 0) is 0 Å². The lowest BCUT2D eigenvalue weighted by atomic mass is 9.54. The first-order valence-electron chi connectivity index (χ1n) is 6.86. The Labute approximate surface area is 103 Å². The second kappa shape index (κ2) is 3.61. The summed E-state index contributed by atoms with van der Waals surface area (Å²) in [7, 11) is 0. The van der Waals surface area contributed by atoms with Crippen LogP contribution in [0.2, 0.25) is 0 Å². The number of likely N-dealkylation sites (tertiary alicyclic amines) is 2. The van der Waals surface area contributed by atoms with Crippen molar-refractivity contribution in [3.8, 4) is 0 Å². The lowest BCUT2D eigenvalue weighted by molar-refractivity contribution is -0.249. The maximum absolute atomic E-state index is 11.4. The minimum atomic E-state index is -0.740. The molecule has 0 aromatic heterocycles. The quantitative estimate of drug-likeness (QED) is 0.762. The summed E-state index contributed by atoms with van der Waals surface area (Å²) >= 11 is 0. The SMILES string of the molecule is CC1(N2CCCCC2)N(C(=O)O)CC12CCC2. The predicted molar refractivity (Wildman–Crippen MR) is 64.8 cm³/mol. The minimum absolute atomic E-state index is 0.211. The van der Waals surface area contributed by atoms with Gasteiger partial charge < -0.3 is 5.11 Å². The van der Waals surface area contributed by atoms with Gasteiger partial charge in [0.05, 0.1) is 0 Å². The van der Waals surface area contributed by atoms with Crippen LogP contribution in [0.4, 0.5) is 4.79 Å². The third kappa shape index (κ3) is 1.30. The molecule has 3 fully saturated rings. The number of piperidine rings is 1. The van der Waals surface area contributed by atoms with Crippen molar-refractivity contribution >= 4 is 6.09 Å². The first-order valence-corrected chi connectivity index (χ1v) is 6.86. The second-order valence-corrected chi connectivity index (χ2v) is 6.07. The van der Waals surface area contributed by atoms with Gasteiger partial charge in [0.2, 0.25) is 0 Å². The van der Waals surface area contributed by atoms with Gasteiger partial charge in [-0.25, -0.2) is 4.79 Å². The summed E-state index contributed by atoms with van der Waals surface area (Å²) in [6, 6.07) is 0. The van der Waals surface area contributed by atoms with Crippen molar-refractivity contribution in [2.45, 2.75) is 51.1 Å². The van der Waals surface area contributed by atoms with Gasteiger partial charge in [-0.15, -0.1) is 0 Å². The minimum Gasteiger partial charge on any atom is -0.465 e. The fraction of sp³-hybridized carbons (Fsp3) is 0.923. The highest BCUT2D eigenvalue weighted by Gasteiger charge is 2.68. The van der Waals surface area contributed by atoms with E-state index in [-0.39, 0.29) is 11.1 Å². The molecule has 1 amide bonds. The van der Waals surface area contributed by atoms with Crippen molar-refractivity contribution in [3.05, 3.63) is 0 Å². The molecule has 0 radical (unpaired) electrons. The highest BCUT2D eigenvalue weighted by Crippen LogP contribution is 2.60. The van der Waals surface area contributed by atoms with Gasteiger partial charge in [-0.3, -0.25) is 9.80 Å². The molecule has 2 saturated heterocycles. The fourth-order valence-corrected chi connectivity index (χ4v) is 4.13.